The molecule has 0 aliphatic carbocycles. The molecule has 0 atom stereocenters. The number of hydrogen-bond donors (Lipinski definition) is 0. The molecule has 4 heterocycles. The number of pyridine rings is 4. The van der Waals surface area contributed by atoms with Gasteiger partial charge in [0.25, 0.3) is 0 Å². The van der Waals surface area contributed by atoms with Crippen LogP contribution in [0.25, 0.3) is 90.4 Å². The zero-order valence-electron chi connectivity index (χ0n) is 30.8. The largest absolute Gasteiger partial charge is 0.246 e. The number of benzene rings is 5. The molecule has 258 valence electrons. The van der Waals surface area contributed by atoms with Gasteiger partial charge in [-0.05, 0) is 97.5 Å². The average molecular weight is 695 g/mol. The van der Waals surface area contributed by atoms with Gasteiger partial charge in [-0.3, -0.25) is 0 Å². The summed E-state index contributed by atoms with van der Waals surface area (Å²) in [5.74, 6) is 0. The molecule has 0 fully saturated rings. The molecule has 4 heteroatoms. The van der Waals surface area contributed by atoms with E-state index in [1.54, 1.807) is 0 Å². The molecule has 0 aliphatic heterocycles. The summed E-state index contributed by atoms with van der Waals surface area (Å²) in [7, 11) is 0. The normalized spacial score (nSPS) is 11.9. The molecule has 9 rings (SSSR count). The summed E-state index contributed by atoms with van der Waals surface area (Å²) >= 11 is 0. The molecular weight excluding hydrogens is 657 g/mol. The van der Waals surface area contributed by atoms with Crippen molar-refractivity contribution in [3.63, 3.8) is 0 Å². The topological polar surface area (TPSA) is 51.6 Å². The highest BCUT2D eigenvalue weighted by molar-refractivity contribution is 6.07. The zero-order chi connectivity index (χ0) is 36.8. The lowest BCUT2D eigenvalue weighted by molar-refractivity contribution is 1.31. The molecule has 0 spiro atoms. The van der Waals surface area contributed by atoms with Gasteiger partial charge in [0.05, 0.1) is 44.8 Å². The molecule has 54 heavy (non-hydrogen) atoms. The third-order valence-electron chi connectivity index (χ3n) is 10.4. The van der Waals surface area contributed by atoms with E-state index in [1.165, 1.54) is 22.3 Å². The van der Waals surface area contributed by atoms with Crippen LogP contribution in [0.1, 0.15) is 44.8 Å². The first kappa shape index (κ1) is 33.1. The van der Waals surface area contributed by atoms with Crippen molar-refractivity contribution < 1.29 is 0 Å². The molecule has 4 aromatic heterocycles. The molecule has 5 aromatic carbocycles. The van der Waals surface area contributed by atoms with Gasteiger partial charge in [0.15, 0.2) is 0 Å². The number of rotatable bonds is 6. The van der Waals surface area contributed by atoms with E-state index >= 15 is 0 Å². The second-order valence-electron chi connectivity index (χ2n) is 14.2. The van der Waals surface area contributed by atoms with E-state index in [9.17, 15) is 0 Å². The van der Waals surface area contributed by atoms with Gasteiger partial charge in [-0.25, -0.2) is 19.9 Å². The molecular formula is C50H38N4. The minimum atomic E-state index is 0.918. The van der Waals surface area contributed by atoms with Crippen LogP contribution in [0.15, 0.2) is 133 Å². The maximum absolute atomic E-state index is 5.26. The molecule has 0 radical (unpaired) electrons. The Kier molecular flexibility index (Phi) is 8.36. The molecule has 0 saturated heterocycles. The highest BCUT2D eigenvalue weighted by atomic mass is 14.8. The fourth-order valence-corrected chi connectivity index (χ4v) is 7.45. The molecule has 0 aliphatic rings. The van der Waals surface area contributed by atoms with Gasteiger partial charge in [-0.2, -0.15) is 0 Å². The molecule has 0 saturated carbocycles. The Balaban J connectivity index is 1.09. The predicted molar refractivity (Wildman–Crippen MR) is 228 cm³/mol. The van der Waals surface area contributed by atoms with Crippen LogP contribution in [-0.2, 0) is 0 Å². The number of hydrogen-bond acceptors (Lipinski definition) is 4. The molecule has 9 aromatic rings. The fraction of sp³-hybridized carbons (Fsp3) is 0.0800. The van der Waals surface area contributed by atoms with E-state index in [0.717, 1.165) is 88.6 Å². The monoisotopic (exact) mass is 694 g/mol. The van der Waals surface area contributed by atoms with Crippen LogP contribution in [0.2, 0.25) is 0 Å². The fourth-order valence-electron chi connectivity index (χ4n) is 7.45. The number of nitrogens with zero attached hydrogens (tertiary/aromatic N) is 4. The Bertz CT molecular complexity index is 2740. The van der Waals surface area contributed by atoms with Crippen molar-refractivity contribution in [2.45, 2.75) is 27.7 Å². The van der Waals surface area contributed by atoms with Crippen molar-refractivity contribution in [2.75, 3.05) is 0 Å². The molecule has 0 unspecified atom stereocenters. The summed E-state index contributed by atoms with van der Waals surface area (Å²) < 4.78 is 0. The minimum absolute atomic E-state index is 0.918. The van der Waals surface area contributed by atoms with Crippen LogP contribution < -0.4 is 0 Å². The van der Waals surface area contributed by atoms with Crippen molar-refractivity contribution in [3.05, 3.63) is 178 Å². The van der Waals surface area contributed by atoms with E-state index in [2.05, 4.69) is 149 Å². The second-order valence-corrected chi connectivity index (χ2v) is 14.2. The van der Waals surface area contributed by atoms with E-state index in [0.29, 0.717) is 0 Å². The van der Waals surface area contributed by atoms with Gasteiger partial charge in [-0.15, -0.1) is 0 Å². The molecule has 0 N–H and O–H groups in total. The number of fused-ring (bicyclic) bond motifs is 6. The summed E-state index contributed by atoms with van der Waals surface area (Å²) in [4.78, 5) is 20.8. The van der Waals surface area contributed by atoms with Gasteiger partial charge < -0.3 is 0 Å². The van der Waals surface area contributed by atoms with Crippen LogP contribution in [0.3, 0.4) is 0 Å². The first-order valence-corrected chi connectivity index (χ1v) is 18.4. The zero-order valence-corrected chi connectivity index (χ0v) is 30.8. The van der Waals surface area contributed by atoms with Crippen molar-refractivity contribution >= 4 is 67.9 Å². The van der Waals surface area contributed by atoms with Gasteiger partial charge in [0, 0.05) is 32.7 Å². The van der Waals surface area contributed by atoms with Crippen LogP contribution in [0, 0.1) is 27.7 Å². The van der Waals surface area contributed by atoms with Gasteiger partial charge in [-0.1, -0.05) is 121 Å². The van der Waals surface area contributed by atoms with E-state index < -0.39 is 0 Å². The van der Waals surface area contributed by atoms with E-state index in [4.69, 9.17) is 19.9 Å². The van der Waals surface area contributed by atoms with Crippen LogP contribution in [0.5, 0.6) is 0 Å². The van der Waals surface area contributed by atoms with Gasteiger partial charge in [0.1, 0.15) is 0 Å². The third kappa shape index (κ3) is 6.22. The second kappa shape index (κ2) is 13.6. The Morgan fingerprint density at radius 2 is 0.667 bits per heavy atom. The first-order chi connectivity index (χ1) is 26.4. The van der Waals surface area contributed by atoms with E-state index in [-0.39, 0.29) is 0 Å². The van der Waals surface area contributed by atoms with Gasteiger partial charge >= 0.3 is 0 Å². The smallest absolute Gasteiger partial charge is 0.0975 e. The maximum Gasteiger partial charge on any atom is 0.0975 e. The summed E-state index contributed by atoms with van der Waals surface area (Å²) in [5.41, 5.74) is 16.5. The molecule has 0 bridgehead atoms. The van der Waals surface area contributed by atoms with Crippen LogP contribution in [0.4, 0.5) is 0 Å². The summed E-state index contributed by atoms with van der Waals surface area (Å²) in [6.07, 6.45) is 8.39. The van der Waals surface area contributed by atoms with Crippen LogP contribution >= 0.6 is 0 Å². The summed E-state index contributed by atoms with van der Waals surface area (Å²) in [5, 5.41) is 4.47. The number of aromatic nitrogens is 4. The predicted octanol–water partition coefficient (Wildman–Crippen LogP) is 12.8. The Morgan fingerprint density at radius 1 is 0.333 bits per heavy atom. The van der Waals surface area contributed by atoms with Crippen LogP contribution in [-0.4, -0.2) is 19.9 Å². The highest BCUT2D eigenvalue weighted by Crippen LogP contribution is 2.34. The number of aryl methyl sites for hydroxylation is 4. The lowest BCUT2D eigenvalue weighted by Crippen LogP contribution is -1.95. The lowest BCUT2D eigenvalue weighted by atomic mass is 9.99. The minimum Gasteiger partial charge on any atom is -0.246 e. The van der Waals surface area contributed by atoms with Crippen molar-refractivity contribution in [3.8, 4) is 22.5 Å². The van der Waals surface area contributed by atoms with Crippen molar-refractivity contribution in [1.82, 2.24) is 19.9 Å². The summed E-state index contributed by atoms with van der Waals surface area (Å²) in [6.45, 7) is 8.61. The average Bonchev–Trinajstić information content (AvgIpc) is 3.20. The Labute approximate surface area is 315 Å². The molecule has 4 nitrogen and oxygen atoms in total. The molecule has 0 amide bonds. The first-order valence-electron chi connectivity index (χ1n) is 18.4. The van der Waals surface area contributed by atoms with Crippen molar-refractivity contribution in [2.24, 2.45) is 0 Å². The quantitative estimate of drug-likeness (QED) is 0.163. The lowest BCUT2D eigenvalue weighted by Gasteiger charge is -2.12. The third-order valence-corrected chi connectivity index (χ3v) is 10.4. The van der Waals surface area contributed by atoms with Gasteiger partial charge in [0.2, 0.25) is 0 Å². The Morgan fingerprint density at radius 3 is 1.04 bits per heavy atom. The maximum atomic E-state index is 5.26. The van der Waals surface area contributed by atoms with Crippen molar-refractivity contribution in [1.29, 1.82) is 0 Å². The highest BCUT2D eigenvalue weighted by Gasteiger charge is 2.14. The SMILES string of the molecule is Cc1cc(C=Cc2ccccc2)nc2c1ccc1c(C)cc(-c3ccc(-c4cc(C)c5ccc6c(C)cc(C=Cc7ccccc7)nc6c5n4)cc3)nc12. The standard InChI is InChI=1S/C50H38N4/c1-31-27-39(21-15-35-11-7-5-8-12-35)51-47-41(31)23-25-43-33(3)29-45(53-49(43)47)37-17-19-38(20-18-37)46-30-34(4)44-26-24-42-32(2)28-40(52-48(42)50(44)54-46)22-16-36-13-9-6-10-14-36/h5-30H,1-4H3. The Hall–Kier alpha value is -6.78. The summed E-state index contributed by atoms with van der Waals surface area (Å²) in [6, 6.07) is 46.6. The van der Waals surface area contributed by atoms with E-state index in [1.807, 2.05) is 36.4 Å².